The molecular formula is C9H9F3O2S. The van der Waals surface area contributed by atoms with Crippen molar-refractivity contribution in [1.29, 1.82) is 0 Å². The summed E-state index contributed by atoms with van der Waals surface area (Å²) in [4.78, 5) is -0.0736. The molecule has 0 bridgehead atoms. The average molecular weight is 238 g/mol. The van der Waals surface area contributed by atoms with E-state index in [4.69, 9.17) is 0 Å². The van der Waals surface area contributed by atoms with Crippen LogP contribution in [0.2, 0.25) is 0 Å². The molecule has 0 N–H and O–H groups in total. The van der Waals surface area contributed by atoms with Gasteiger partial charge in [0.1, 0.15) is 0 Å². The van der Waals surface area contributed by atoms with Gasteiger partial charge >= 0.3 is 6.18 Å². The van der Waals surface area contributed by atoms with Crippen LogP contribution in [0, 0.1) is 6.92 Å². The van der Waals surface area contributed by atoms with E-state index in [-0.39, 0.29) is 10.5 Å². The van der Waals surface area contributed by atoms with Gasteiger partial charge in [-0.2, -0.15) is 13.2 Å². The summed E-state index contributed by atoms with van der Waals surface area (Å²) in [5.74, 6) is 0. The van der Waals surface area contributed by atoms with E-state index in [9.17, 15) is 21.6 Å². The largest absolute Gasteiger partial charge is 0.416 e. The molecule has 0 aliphatic carbocycles. The van der Waals surface area contributed by atoms with Gasteiger partial charge in [0.2, 0.25) is 0 Å². The fraction of sp³-hybridized carbons (Fsp3) is 0.333. The highest BCUT2D eigenvalue weighted by molar-refractivity contribution is 7.90. The van der Waals surface area contributed by atoms with Crippen molar-refractivity contribution in [3.05, 3.63) is 29.3 Å². The molecule has 84 valence electrons. The summed E-state index contributed by atoms with van der Waals surface area (Å²) in [6.07, 6.45) is -3.48. The van der Waals surface area contributed by atoms with Crippen LogP contribution in [0.4, 0.5) is 13.2 Å². The van der Waals surface area contributed by atoms with E-state index in [0.717, 1.165) is 24.5 Å². The molecule has 0 aromatic heterocycles. The second-order valence-electron chi connectivity index (χ2n) is 3.25. The third-order valence-corrected chi connectivity index (χ3v) is 3.16. The maximum absolute atomic E-state index is 12.2. The molecule has 0 radical (unpaired) electrons. The van der Waals surface area contributed by atoms with Gasteiger partial charge in [-0.15, -0.1) is 0 Å². The minimum atomic E-state index is -4.44. The van der Waals surface area contributed by atoms with E-state index in [1.165, 1.54) is 6.92 Å². The molecular weight excluding hydrogens is 229 g/mol. The van der Waals surface area contributed by atoms with Crippen LogP contribution < -0.4 is 0 Å². The van der Waals surface area contributed by atoms with Crippen molar-refractivity contribution in [3.63, 3.8) is 0 Å². The number of aryl methyl sites for hydroxylation is 1. The number of alkyl halides is 3. The van der Waals surface area contributed by atoms with E-state index in [2.05, 4.69) is 0 Å². The second-order valence-corrected chi connectivity index (χ2v) is 5.23. The monoisotopic (exact) mass is 238 g/mol. The zero-order valence-corrected chi connectivity index (χ0v) is 8.91. The molecule has 0 saturated carbocycles. The van der Waals surface area contributed by atoms with Crippen molar-refractivity contribution in [2.45, 2.75) is 18.0 Å². The third kappa shape index (κ3) is 2.71. The summed E-state index contributed by atoms with van der Waals surface area (Å²) in [7, 11) is -3.46. The lowest BCUT2D eigenvalue weighted by atomic mass is 10.1. The minimum absolute atomic E-state index is 0.0736. The number of benzene rings is 1. The molecule has 1 rings (SSSR count). The quantitative estimate of drug-likeness (QED) is 0.753. The fourth-order valence-corrected chi connectivity index (χ4v) is 2.20. The predicted molar refractivity (Wildman–Crippen MR) is 49.3 cm³/mol. The Balaban J connectivity index is 3.34. The summed E-state index contributed by atoms with van der Waals surface area (Å²) in [6, 6.07) is 2.58. The van der Waals surface area contributed by atoms with Crippen molar-refractivity contribution >= 4 is 9.84 Å². The first-order valence-corrected chi connectivity index (χ1v) is 5.89. The van der Waals surface area contributed by atoms with Crippen LogP contribution >= 0.6 is 0 Å². The summed E-state index contributed by atoms with van der Waals surface area (Å²) >= 11 is 0. The summed E-state index contributed by atoms with van der Waals surface area (Å²) in [5.41, 5.74) is -0.736. The normalized spacial score (nSPS) is 12.9. The van der Waals surface area contributed by atoms with Gasteiger partial charge in [0, 0.05) is 6.26 Å². The van der Waals surface area contributed by atoms with E-state index in [0.29, 0.717) is 0 Å². The third-order valence-electron chi connectivity index (χ3n) is 1.90. The Kier molecular flexibility index (Phi) is 2.82. The van der Waals surface area contributed by atoms with Gasteiger partial charge in [0.05, 0.1) is 10.5 Å². The lowest BCUT2D eigenvalue weighted by Crippen LogP contribution is -2.07. The molecule has 1 aromatic rings. The molecule has 0 saturated heterocycles. The van der Waals surface area contributed by atoms with E-state index in [1.54, 1.807) is 0 Å². The van der Waals surface area contributed by atoms with Crippen LogP contribution in [0.1, 0.15) is 11.1 Å². The molecule has 15 heavy (non-hydrogen) atoms. The fourth-order valence-electron chi connectivity index (χ4n) is 1.24. The van der Waals surface area contributed by atoms with Crippen LogP contribution in [-0.2, 0) is 16.0 Å². The van der Waals surface area contributed by atoms with Gasteiger partial charge in [0.15, 0.2) is 9.84 Å². The lowest BCUT2D eigenvalue weighted by Gasteiger charge is -2.09. The number of sulfone groups is 1. The van der Waals surface area contributed by atoms with Gasteiger partial charge in [-0.25, -0.2) is 8.42 Å². The molecule has 0 aliphatic rings. The standard InChI is InChI=1S/C9H9F3O2S/c1-6-5-7(9(10,11)12)3-4-8(6)15(2,13)14/h3-5H,1-2H3. The second kappa shape index (κ2) is 3.52. The van der Waals surface area contributed by atoms with E-state index >= 15 is 0 Å². The van der Waals surface area contributed by atoms with Gasteiger partial charge in [-0.3, -0.25) is 0 Å². The summed E-state index contributed by atoms with van der Waals surface area (Å²) in [5, 5.41) is 0. The van der Waals surface area contributed by atoms with Crippen LogP contribution in [-0.4, -0.2) is 14.7 Å². The van der Waals surface area contributed by atoms with Crippen LogP contribution in [0.5, 0.6) is 0 Å². The summed E-state index contributed by atoms with van der Waals surface area (Å²) in [6.45, 7) is 1.34. The van der Waals surface area contributed by atoms with Crippen molar-refractivity contribution in [2.75, 3.05) is 6.26 Å². The Bertz CT molecular complexity index is 475. The Morgan fingerprint density at radius 3 is 2.07 bits per heavy atom. The van der Waals surface area contributed by atoms with Crippen molar-refractivity contribution in [2.24, 2.45) is 0 Å². The molecule has 1 aromatic carbocycles. The molecule has 0 fully saturated rings. The van der Waals surface area contributed by atoms with Crippen LogP contribution in [0.3, 0.4) is 0 Å². The highest BCUT2D eigenvalue weighted by atomic mass is 32.2. The predicted octanol–water partition coefficient (Wildman–Crippen LogP) is 2.42. The summed E-state index contributed by atoms with van der Waals surface area (Å²) < 4.78 is 59.0. The average Bonchev–Trinajstić information content (AvgIpc) is 1.99. The Labute approximate surface area is 85.6 Å². The first-order valence-electron chi connectivity index (χ1n) is 4.00. The van der Waals surface area contributed by atoms with Crippen LogP contribution in [0.25, 0.3) is 0 Å². The number of hydrogen-bond acceptors (Lipinski definition) is 2. The van der Waals surface area contributed by atoms with Crippen molar-refractivity contribution in [3.8, 4) is 0 Å². The Morgan fingerprint density at radius 2 is 1.73 bits per heavy atom. The number of rotatable bonds is 1. The number of halogens is 3. The van der Waals surface area contributed by atoms with Gasteiger partial charge in [0.25, 0.3) is 0 Å². The molecule has 0 aliphatic heterocycles. The number of hydrogen-bond donors (Lipinski definition) is 0. The first-order chi connectivity index (χ1) is 6.62. The highest BCUT2D eigenvalue weighted by Crippen LogP contribution is 2.31. The first kappa shape index (κ1) is 12.0. The zero-order chi connectivity index (χ0) is 11.9. The van der Waals surface area contributed by atoms with E-state index < -0.39 is 21.6 Å². The zero-order valence-electron chi connectivity index (χ0n) is 8.09. The molecule has 0 heterocycles. The minimum Gasteiger partial charge on any atom is -0.224 e. The van der Waals surface area contributed by atoms with Crippen molar-refractivity contribution in [1.82, 2.24) is 0 Å². The molecule has 0 atom stereocenters. The van der Waals surface area contributed by atoms with Gasteiger partial charge in [-0.1, -0.05) is 0 Å². The maximum Gasteiger partial charge on any atom is 0.416 e. The maximum atomic E-state index is 12.2. The molecule has 0 spiro atoms. The molecule has 2 nitrogen and oxygen atoms in total. The lowest BCUT2D eigenvalue weighted by molar-refractivity contribution is -0.137. The van der Waals surface area contributed by atoms with Crippen molar-refractivity contribution < 1.29 is 21.6 Å². The Morgan fingerprint density at radius 1 is 1.20 bits per heavy atom. The smallest absolute Gasteiger partial charge is 0.224 e. The SMILES string of the molecule is Cc1cc(C(F)(F)F)ccc1S(C)(=O)=O. The molecule has 0 amide bonds. The van der Waals surface area contributed by atoms with Gasteiger partial charge < -0.3 is 0 Å². The van der Waals surface area contributed by atoms with Gasteiger partial charge in [-0.05, 0) is 30.7 Å². The van der Waals surface area contributed by atoms with E-state index in [1.807, 2.05) is 0 Å². The molecule has 6 heteroatoms. The Hall–Kier alpha value is -1.04. The topological polar surface area (TPSA) is 34.1 Å². The van der Waals surface area contributed by atoms with Crippen LogP contribution in [0.15, 0.2) is 23.1 Å². The highest BCUT2D eigenvalue weighted by Gasteiger charge is 2.31. The molecule has 0 unspecified atom stereocenters.